The minimum Gasteiger partial charge on any atom is -0.497 e. The van der Waals surface area contributed by atoms with E-state index >= 15 is 0 Å². The van der Waals surface area contributed by atoms with E-state index in [0.717, 1.165) is 30.9 Å². The number of aliphatic hydroxyl groups excluding tert-OH is 1. The molecule has 1 atom stereocenters. The molecule has 1 N–H and O–H groups in total. The molecule has 0 saturated carbocycles. The fourth-order valence-electron chi connectivity index (χ4n) is 3.01. The summed E-state index contributed by atoms with van der Waals surface area (Å²) in [6, 6.07) is 25.4. The molecule has 4 rings (SSSR count). The van der Waals surface area contributed by atoms with Crippen LogP contribution < -0.4 is 4.74 Å². The molecule has 0 radical (unpaired) electrons. The van der Waals surface area contributed by atoms with E-state index in [1.165, 1.54) is 0 Å². The Balaban J connectivity index is 1.75. The highest BCUT2D eigenvalue weighted by molar-refractivity contribution is 7.99. The molecule has 1 aromatic heterocycles. The van der Waals surface area contributed by atoms with Crippen LogP contribution in [0.1, 0.15) is 16.5 Å². The van der Waals surface area contributed by atoms with E-state index in [1.807, 2.05) is 48.5 Å². The Hall–Kier alpha value is -1.95. The van der Waals surface area contributed by atoms with Crippen molar-refractivity contribution in [3.63, 3.8) is 0 Å². The van der Waals surface area contributed by atoms with Crippen molar-refractivity contribution in [2.24, 2.45) is 0 Å². The van der Waals surface area contributed by atoms with Gasteiger partial charge in [-0.05, 0) is 65.7 Å². The third kappa shape index (κ3) is 4.69. The van der Waals surface area contributed by atoms with Crippen molar-refractivity contribution in [3.8, 4) is 16.2 Å². The fourth-order valence-corrected chi connectivity index (χ4v) is 5.65. The maximum Gasteiger partial charge on any atom is 0.118 e. The first-order valence-corrected chi connectivity index (χ1v) is 11.6. The summed E-state index contributed by atoms with van der Waals surface area (Å²) in [5, 5.41) is 12.1. The topological polar surface area (TPSA) is 29.5 Å². The predicted octanol–water partition coefficient (Wildman–Crippen LogP) is 7.96. The molecule has 0 fully saturated rings. The first-order chi connectivity index (χ1) is 14.5. The molecular formula is C24H18Cl2O2S2. The zero-order valence-corrected chi connectivity index (χ0v) is 19.2. The van der Waals surface area contributed by atoms with Crippen LogP contribution in [-0.4, -0.2) is 12.2 Å². The van der Waals surface area contributed by atoms with Gasteiger partial charge < -0.3 is 9.84 Å². The molecule has 0 bridgehead atoms. The van der Waals surface area contributed by atoms with Crippen LogP contribution in [0.3, 0.4) is 0 Å². The summed E-state index contributed by atoms with van der Waals surface area (Å²) < 4.78 is 5.27. The number of halogens is 2. The maximum absolute atomic E-state index is 11.2. The van der Waals surface area contributed by atoms with Crippen molar-refractivity contribution >= 4 is 46.3 Å². The molecule has 0 aliphatic rings. The van der Waals surface area contributed by atoms with Crippen LogP contribution in [-0.2, 0) is 0 Å². The molecule has 0 spiro atoms. The number of rotatable bonds is 6. The van der Waals surface area contributed by atoms with Crippen molar-refractivity contribution in [2.45, 2.75) is 15.9 Å². The molecular weight excluding hydrogens is 455 g/mol. The summed E-state index contributed by atoms with van der Waals surface area (Å²) in [4.78, 5) is 4.06. The van der Waals surface area contributed by atoms with Crippen molar-refractivity contribution in [3.05, 3.63) is 99.3 Å². The highest BCUT2D eigenvalue weighted by atomic mass is 35.5. The van der Waals surface area contributed by atoms with E-state index in [9.17, 15) is 5.11 Å². The van der Waals surface area contributed by atoms with Crippen LogP contribution in [0.4, 0.5) is 0 Å². The Labute approximate surface area is 194 Å². The lowest BCUT2D eigenvalue weighted by Gasteiger charge is -2.12. The second-order valence-electron chi connectivity index (χ2n) is 6.56. The normalized spacial score (nSPS) is 12.0. The Morgan fingerprint density at radius 2 is 1.63 bits per heavy atom. The highest BCUT2D eigenvalue weighted by Crippen LogP contribution is 2.44. The van der Waals surface area contributed by atoms with Crippen molar-refractivity contribution < 1.29 is 9.84 Å². The number of aliphatic hydroxyl groups is 1. The van der Waals surface area contributed by atoms with E-state index in [1.54, 1.807) is 42.3 Å². The second-order valence-corrected chi connectivity index (χ2v) is 9.57. The molecule has 4 aromatic rings. The van der Waals surface area contributed by atoms with Crippen molar-refractivity contribution in [1.29, 1.82) is 0 Å². The molecule has 1 heterocycles. The summed E-state index contributed by atoms with van der Waals surface area (Å²) in [7, 11) is 1.65. The van der Waals surface area contributed by atoms with E-state index < -0.39 is 6.10 Å². The molecule has 30 heavy (non-hydrogen) atoms. The number of thiophene rings is 1. The molecule has 6 heteroatoms. The maximum atomic E-state index is 11.2. The van der Waals surface area contributed by atoms with Gasteiger partial charge >= 0.3 is 0 Å². The average molecular weight is 473 g/mol. The quantitative estimate of drug-likeness (QED) is 0.308. The first kappa shape index (κ1) is 21.3. The van der Waals surface area contributed by atoms with E-state index in [4.69, 9.17) is 27.9 Å². The number of hydrogen-bond acceptors (Lipinski definition) is 4. The summed E-state index contributed by atoms with van der Waals surface area (Å²) in [5.41, 5.74) is 1.78. The Morgan fingerprint density at radius 3 is 2.30 bits per heavy atom. The Kier molecular flexibility index (Phi) is 6.71. The van der Waals surface area contributed by atoms with Gasteiger partial charge in [0.15, 0.2) is 0 Å². The van der Waals surface area contributed by atoms with Gasteiger partial charge in [-0.25, -0.2) is 0 Å². The average Bonchev–Trinajstić information content (AvgIpc) is 3.19. The Bertz CT molecular complexity index is 1140. The van der Waals surface area contributed by atoms with Crippen LogP contribution in [0.25, 0.3) is 10.4 Å². The Morgan fingerprint density at radius 1 is 0.900 bits per heavy atom. The van der Waals surface area contributed by atoms with Crippen molar-refractivity contribution in [2.75, 3.05) is 7.11 Å². The smallest absolute Gasteiger partial charge is 0.118 e. The van der Waals surface area contributed by atoms with Gasteiger partial charge in [0.05, 0.1) is 22.0 Å². The molecule has 0 aliphatic heterocycles. The number of benzene rings is 3. The highest BCUT2D eigenvalue weighted by Gasteiger charge is 2.21. The molecule has 0 aliphatic carbocycles. The minimum absolute atomic E-state index is 0.428. The molecule has 152 valence electrons. The largest absolute Gasteiger partial charge is 0.497 e. The summed E-state index contributed by atoms with van der Waals surface area (Å²) in [6.07, 6.45) is -0.803. The molecule has 2 nitrogen and oxygen atoms in total. The predicted molar refractivity (Wildman–Crippen MR) is 127 cm³/mol. The van der Waals surface area contributed by atoms with Gasteiger partial charge in [0, 0.05) is 14.7 Å². The van der Waals surface area contributed by atoms with Crippen LogP contribution in [0.5, 0.6) is 5.75 Å². The van der Waals surface area contributed by atoms with Gasteiger partial charge in [-0.2, -0.15) is 0 Å². The van der Waals surface area contributed by atoms with Gasteiger partial charge in [0.25, 0.3) is 0 Å². The van der Waals surface area contributed by atoms with Crippen LogP contribution >= 0.6 is 46.3 Å². The monoisotopic (exact) mass is 472 g/mol. The van der Waals surface area contributed by atoms with E-state index in [0.29, 0.717) is 15.6 Å². The molecule has 0 saturated heterocycles. The zero-order chi connectivity index (χ0) is 21.1. The van der Waals surface area contributed by atoms with Crippen LogP contribution in [0.2, 0.25) is 10.0 Å². The SMILES string of the molecule is COc1ccc(-c2cc(Sc3ccccc3)c(C(O)c3ccc(Cl)c(Cl)c3)s2)cc1. The summed E-state index contributed by atoms with van der Waals surface area (Å²) >= 11 is 15.4. The van der Waals surface area contributed by atoms with Gasteiger partial charge in [-0.15, -0.1) is 11.3 Å². The zero-order valence-electron chi connectivity index (χ0n) is 16.0. The number of ether oxygens (including phenoxy) is 1. The number of methoxy groups -OCH3 is 1. The lowest BCUT2D eigenvalue weighted by molar-refractivity contribution is 0.221. The minimum atomic E-state index is -0.803. The lowest BCUT2D eigenvalue weighted by atomic mass is 10.1. The van der Waals surface area contributed by atoms with E-state index in [2.05, 4.69) is 18.2 Å². The standard InChI is InChI=1S/C24H18Cl2O2S2/c1-28-17-10-7-15(8-11-17)21-14-22(29-18-5-3-2-4-6-18)24(30-21)23(27)16-9-12-19(25)20(26)13-16/h2-14,23,27H,1H3. The molecule has 1 unspecified atom stereocenters. The molecule has 3 aromatic carbocycles. The molecule has 0 amide bonds. The van der Waals surface area contributed by atoms with Gasteiger partial charge in [0.2, 0.25) is 0 Å². The lowest BCUT2D eigenvalue weighted by Crippen LogP contribution is -1.98. The third-order valence-electron chi connectivity index (χ3n) is 4.58. The van der Waals surface area contributed by atoms with Crippen LogP contribution in [0, 0.1) is 0 Å². The van der Waals surface area contributed by atoms with E-state index in [-0.39, 0.29) is 0 Å². The second kappa shape index (κ2) is 9.46. The van der Waals surface area contributed by atoms with Gasteiger partial charge in [0.1, 0.15) is 11.9 Å². The fraction of sp³-hybridized carbons (Fsp3) is 0.0833. The third-order valence-corrected chi connectivity index (χ3v) is 7.75. The van der Waals surface area contributed by atoms with Crippen LogP contribution in [0.15, 0.2) is 88.7 Å². The summed E-state index contributed by atoms with van der Waals surface area (Å²) in [6.45, 7) is 0. The van der Waals surface area contributed by atoms with Gasteiger partial charge in [-0.3, -0.25) is 0 Å². The summed E-state index contributed by atoms with van der Waals surface area (Å²) in [5.74, 6) is 0.810. The van der Waals surface area contributed by atoms with Gasteiger partial charge in [-0.1, -0.05) is 59.2 Å². The van der Waals surface area contributed by atoms with Crippen molar-refractivity contribution in [1.82, 2.24) is 0 Å². The number of hydrogen-bond donors (Lipinski definition) is 1. The first-order valence-electron chi connectivity index (χ1n) is 9.19.